The van der Waals surface area contributed by atoms with Gasteiger partial charge in [-0.2, -0.15) is 8.78 Å². The summed E-state index contributed by atoms with van der Waals surface area (Å²) < 4.78 is 50.0. The van der Waals surface area contributed by atoms with Gasteiger partial charge >= 0.3 is 12.6 Å². The molecule has 5 rings (SSSR count). The molecule has 0 aliphatic heterocycles. The van der Waals surface area contributed by atoms with Gasteiger partial charge in [0.2, 0.25) is 5.88 Å². The van der Waals surface area contributed by atoms with Crippen molar-refractivity contribution in [2.24, 2.45) is 0 Å². The van der Waals surface area contributed by atoms with Gasteiger partial charge in [0.05, 0.1) is 19.3 Å². The predicted molar refractivity (Wildman–Crippen MR) is 116 cm³/mol. The highest BCUT2D eigenvalue weighted by Gasteiger charge is 2.49. The van der Waals surface area contributed by atoms with Crippen LogP contribution in [0.1, 0.15) is 55.7 Å². The molecule has 178 valence electrons. The second-order valence-corrected chi connectivity index (χ2v) is 8.89. The smallest absolute Gasteiger partial charge is 0.388 e. The average molecular weight is 464 g/mol. The van der Waals surface area contributed by atoms with Crippen molar-refractivity contribution in [3.05, 3.63) is 59.8 Å². The van der Waals surface area contributed by atoms with Crippen molar-refractivity contribution in [2.75, 3.05) is 6.61 Å². The Labute approximate surface area is 190 Å². The lowest BCUT2D eigenvalue weighted by molar-refractivity contribution is -0.0529. The van der Waals surface area contributed by atoms with E-state index < -0.39 is 29.9 Å². The highest BCUT2D eigenvalue weighted by atomic mass is 19.3. The molecule has 33 heavy (non-hydrogen) atoms. The number of nitrogens with zero attached hydrogens (tertiary/aromatic N) is 1. The topological polar surface area (TPSA) is 72.5 Å². The first-order chi connectivity index (χ1) is 15.8. The van der Waals surface area contributed by atoms with Gasteiger partial charge in [0.25, 0.3) is 0 Å². The van der Waals surface area contributed by atoms with Gasteiger partial charge in [-0.1, -0.05) is 30.3 Å². The fourth-order valence-corrected chi connectivity index (χ4v) is 4.65. The monoisotopic (exact) mass is 463 g/mol. The molecule has 1 atom stereocenters. The summed E-state index contributed by atoms with van der Waals surface area (Å²) in [5, 5.41) is 5.95. The number of hydrogen-bond acceptors (Lipinski definition) is 4. The number of carbonyl (C=O) groups is 1. The van der Waals surface area contributed by atoms with Gasteiger partial charge in [-0.3, -0.25) is 0 Å². The number of hydrogen-bond donors (Lipinski definition) is 2. The molecule has 0 radical (unpaired) electrons. The van der Waals surface area contributed by atoms with Crippen molar-refractivity contribution >= 4 is 6.03 Å². The summed E-state index contributed by atoms with van der Waals surface area (Å²) in [5.74, 6) is -0.241. The molecule has 2 aromatic rings. The van der Waals surface area contributed by atoms with E-state index in [-0.39, 0.29) is 12.5 Å². The van der Waals surface area contributed by atoms with E-state index in [4.69, 9.17) is 4.74 Å². The van der Waals surface area contributed by atoms with Crippen LogP contribution in [0, 0.1) is 0 Å². The zero-order valence-corrected chi connectivity index (χ0v) is 18.2. The Balaban J connectivity index is 1.43. The summed E-state index contributed by atoms with van der Waals surface area (Å²) in [4.78, 5) is 16.7. The number of benzene rings is 1. The Hall–Kier alpha value is -2.81. The minimum Gasteiger partial charge on any atom is -0.417 e. The summed E-state index contributed by atoms with van der Waals surface area (Å²) in [6.45, 7) is -2.56. The Morgan fingerprint density at radius 3 is 2.42 bits per heavy atom. The van der Waals surface area contributed by atoms with E-state index in [0.29, 0.717) is 50.7 Å². The summed E-state index contributed by atoms with van der Waals surface area (Å²) in [7, 11) is 0. The molecule has 2 N–H and O–H groups in total. The standard InChI is InChI=1S/C24H28F3N3O3/c25-21(26)33-20-14-18(6-13-28-20)19(16-32-15-17-4-2-1-3-5-17)29-22(31)30-24-10-7-23(27,8-11-24)9-12-24/h1-6,13-14,19,21H,7-12,15-16H2,(H2,29,30,31). The number of alkyl halides is 3. The third-order valence-electron chi connectivity index (χ3n) is 6.61. The Bertz CT molecular complexity index is 920. The Morgan fingerprint density at radius 1 is 1.06 bits per heavy atom. The quantitative estimate of drug-likeness (QED) is 0.546. The number of nitrogens with one attached hydrogen (secondary N) is 2. The molecule has 9 heteroatoms. The number of urea groups is 1. The van der Waals surface area contributed by atoms with Crippen LogP contribution in [0.25, 0.3) is 0 Å². The molecule has 1 unspecified atom stereocenters. The molecule has 2 amide bonds. The number of carbonyl (C=O) groups excluding carboxylic acids is 1. The fraction of sp³-hybridized carbons (Fsp3) is 0.500. The second-order valence-electron chi connectivity index (χ2n) is 8.89. The number of pyridine rings is 1. The normalized spacial score (nSPS) is 25.0. The van der Waals surface area contributed by atoms with E-state index in [2.05, 4.69) is 20.4 Å². The average Bonchev–Trinajstić information content (AvgIpc) is 2.80. The van der Waals surface area contributed by atoms with Crippen molar-refractivity contribution in [2.45, 2.75) is 69.0 Å². The molecule has 3 aliphatic rings. The lowest BCUT2D eigenvalue weighted by Crippen LogP contribution is -2.59. The van der Waals surface area contributed by atoms with E-state index in [1.165, 1.54) is 12.3 Å². The van der Waals surface area contributed by atoms with E-state index in [0.717, 1.165) is 5.56 Å². The van der Waals surface area contributed by atoms with E-state index in [1.54, 1.807) is 6.07 Å². The van der Waals surface area contributed by atoms with Gasteiger partial charge < -0.3 is 20.1 Å². The van der Waals surface area contributed by atoms with Crippen LogP contribution >= 0.6 is 0 Å². The number of amides is 2. The first kappa shape index (κ1) is 23.4. The largest absolute Gasteiger partial charge is 0.417 e. The van der Waals surface area contributed by atoms with Crippen LogP contribution in [0.5, 0.6) is 5.88 Å². The van der Waals surface area contributed by atoms with E-state index in [9.17, 15) is 18.0 Å². The molecule has 1 heterocycles. The molecule has 3 fully saturated rings. The first-order valence-electron chi connectivity index (χ1n) is 11.1. The molecule has 6 nitrogen and oxygen atoms in total. The molecular weight excluding hydrogens is 435 g/mol. The minimum absolute atomic E-state index is 0.112. The summed E-state index contributed by atoms with van der Waals surface area (Å²) in [6, 6.07) is 11.5. The van der Waals surface area contributed by atoms with Crippen molar-refractivity contribution in [3.63, 3.8) is 0 Å². The van der Waals surface area contributed by atoms with Crippen LogP contribution in [0.4, 0.5) is 18.0 Å². The third-order valence-corrected chi connectivity index (χ3v) is 6.61. The molecule has 0 saturated heterocycles. The number of aromatic nitrogens is 1. The van der Waals surface area contributed by atoms with E-state index >= 15 is 0 Å². The Kier molecular flexibility index (Phi) is 7.07. The van der Waals surface area contributed by atoms with Gasteiger partial charge in [-0.05, 0) is 55.7 Å². The maximum absolute atomic E-state index is 14.5. The van der Waals surface area contributed by atoms with Gasteiger partial charge in [0, 0.05) is 17.8 Å². The van der Waals surface area contributed by atoms with Crippen LogP contribution in [0.3, 0.4) is 0 Å². The second kappa shape index (κ2) is 9.99. The molecule has 3 aliphatic carbocycles. The van der Waals surface area contributed by atoms with Crippen LogP contribution in [0.2, 0.25) is 0 Å². The highest BCUT2D eigenvalue weighted by molar-refractivity contribution is 5.75. The number of halogens is 3. The van der Waals surface area contributed by atoms with Crippen LogP contribution in [0.15, 0.2) is 48.7 Å². The van der Waals surface area contributed by atoms with E-state index in [1.807, 2.05) is 30.3 Å². The number of ether oxygens (including phenoxy) is 2. The Morgan fingerprint density at radius 2 is 1.76 bits per heavy atom. The van der Waals surface area contributed by atoms with Gasteiger partial charge in [-0.15, -0.1) is 0 Å². The maximum atomic E-state index is 14.5. The zero-order valence-electron chi connectivity index (χ0n) is 18.2. The van der Waals surface area contributed by atoms with Crippen molar-refractivity contribution in [3.8, 4) is 5.88 Å². The number of rotatable bonds is 9. The van der Waals surface area contributed by atoms with Crippen molar-refractivity contribution in [1.29, 1.82) is 0 Å². The predicted octanol–water partition coefficient (Wildman–Crippen LogP) is 5.06. The lowest BCUT2D eigenvalue weighted by Gasteiger charge is -2.49. The fourth-order valence-electron chi connectivity index (χ4n) is 4.65. The van der Waals surface area contributed by atoms with Crippen LogP contribution < -0.4 is 15.4 Å². The van der Waals surface area contributed by atoms with Crippen molar-refractivity contribution < 1.29 is 27.4 Å². The van der Waals surface area contributed by atoms with Gasteiger partial charge in [-0.25, -0.2) is 14.2 Å². The zero-order chi connectivity index (χ0) is 23.3. The van der Waals surface area contributed by atoms with Gasteiger partial charge in [0.1, 0.15) is 5.67 Å². The van der Waals surface area contributed by atoms with Crippen LogP contribution in [-0.4, -0.2) is 35.4 Å². The molecule has 1 aromatic carbocycles. The third kappa shape index (κ3) is 6.16. The number of fused-ring (bicyclic) bond motifs is 3. The molecular formula is C24H28F3N3O3. The molecule has 2 bridgehead atoms. The molecule has 1 aromatic heterocycles. The van der Waals surface area contributed by atoms with Crippen molar-refractivity contribution in [1.82, 2.24) is 15.6 Å². The molecule has 3 saturated carbocycles. The highest BCUT2D eigenvalue weighted by Crippen LogP contribution is 2.48. The van der Waals surface area contributed by atoms with Crippen LogP contribution in [-0.2, 0) is 11.3 Å². The minimum atomic E-state index is -3.00. The SMILES string of the molecule is O=C(NC(COCc1ccccc1)c1ccnc(OC(F)F)c1)NC12CCC(F)(CC1)CC2. The molecule has 0 spiro atoms. The van der Waals surface area contributed by atoms with Gasteiger partial charge in [0.15, 0.2) is 0 Å². The lowest BCUT2D eigenvalue weighted by atomic mass is 9.64. The summed E-state index contributed by atoms with van der Waals surface area (Å²) in [5.41, 5.74) is -0.00638. The summed E-state index contributed by atoms with van der Waals surface area (Å²) >= 11 is 0. The first-order valence-corrected chi connectivity index (χ1v) is 11.1. The summed E-state index contributed by atoms with van der Waals surface area (Å²) in [6.07, 6.45) is 4.52. The maximum Gasteiger partial charge on any atom is 0.388 e.